The molecule has 0 aliphatic heterocycles. The number of phenols is 1. The van der Waals surface area contributed by atoms with Crippen LogP contribution >= 0.6 is 0 Å². The van der Waals surface area contributed by atoms with Crippen LogP contribution in [-0.4, -0.2) is 24.3 Å². The van der Waals surface area contributed by atoms with E-state index in [1.165, 1.54) is 11.8 Å². The van der Waals surface area contributed by atoms with E-state index in [0.29, 0.717) is 11.1 Å². The molecule has 8 heteroatoms. The summed E-state index contributed by atoms with van der Waals surface area (Å²) in [5.74, 6) is -0.169. The molecule has 2 N–H and O–H groups in total. The van der Waals surface area contributed by atoms with Crippen molar-refractivity contribution in [3.05, 3.63) is 77.4 Å². The first-order valence-electron chi connectivity index (χ1n) is 8.92. The Morgan fingerprint density at radius 2 is 1.55 bits per heavy atom. The summed E-state index contributed by atoms with van der Waals surface area (Å²) in [5.41, 5.74) is 4.84. The zero-order valence-electron chi connectivity index (χ0n) is 17.7. The van der Waals surface area contributed by atoms with Crippen molar-refractivity contribution in [1.29, 1.82) is 0 Å². The van der Waals surface area contributed by atoms with Gasteiger partial charge in [-0.25, -0.2) is 5.43 Å². The number of carbonyl (C=O) groups is 1. The van der Waals surface area contributed by atoms with Gasteiger partial charge < -0.3 is 35.0 Å². The van der Waals surface area contributed by atoms with Crippen LogP contribution in [0, 0.1) is 0 Å². The molecule has 0 aliphatic carbocycles. The van der Waals surface area contributed by atoms with Crippen molar-refractivity contribution >= 4 is 22.9 Å². The predicted molar refractivity (Wildman–Crippen MR) is 112 cm³/mol. The zero-order valence-corrected chi connectivity index (χ0v) is 20.3. The van der Waals surface area contributed by atoms with Gasteiger partial charge in [0.2, 0.25) is 0 Å². The molecular weight excluding hydrogens is 479 g/mol. The van der Waals surface area contributed by atoms with Crippen LogP contribution in [0.3, 0.4) is 0 Å². The number of nitrogens with one attached hydrogen (secondary N) is 1. The summed E-state index contributed by atoms with van der Waals surface area (Å²) in [6.45, 7) is 6.38. The molecule has 0 saturated carbocycles. The van der Waals surface area contributed by atoms with Crippen LogP contribution in [0.1, 0.15) is 42.3 Å². The topological polar surface area (TPSA) is 84.8 Å². The van der Waals surface area contributed by atoms with Crippen molar-refractivity contribution in [2.24, 2.45) is 5.10 Å². The van der Waals surface area contributed by atoms with Gasteiger partial charge in [0.25, 0.3) is 5.91 Å². The van der Waals surface area contributed by atoms with Gasteiger partial charge in [-0.05, 0) is 39.9 Å². The molecule has 0 unspecified atom stereocenters. The predicted octanol–water partition coefficient (Wildman–Crippen LogP) is -2.41. The number of hydrazone groups is 1. The van der Waals surface area contributed by atoms with Gasteiger partial charge in [-0.2, -0.15) is 12.2 Å². The Morgan fingerprint density at radius 3 is 2.13 bits per heavy atom. The van der Waals surface area contributed by atoms with Crippen LogP contribution < -0.4 is 35.3 Å². The summed E-state index contributed by atoms with van der Waals surface area (Å²) in [6, 6.07) is 18.7. The minimum absolute atomic E-state index is 0. The molecule has 3 rings (SSSR count). The summed E-state index contributed by atoms with van der Waals surface area (Å²) in [4.78, 5) is 12.3. The zero-order chi connectivity index (χ0) is 20.7. The molecule has 31 heavy (non-hydrogen) atoms. The minimum Gasteiger partial charge on any atom is -1.00 e. The van der Waals surface area contributed by atoms with Crippen molar-refractivity contribution in [3.8, 4) is 5.75 Å². The van der Waals surface area contributed by atoms with E-state index in [2.05, 4.69) is 31.3 Å². The van der Waals surface area contributed by atoms with Crippen LogP contribution in [0.15, 0.2) is 65.8 Å². The quantitative estimate of drug-likeness (QED) is 0.237. The molecule has 0 aromatic heterocycles. The van der Waals surface area contributed by atoms with Crippen LogP contribution in [0.2, 0.25) is 0 Å². The van der Waals surface area contributed by atoms with Crippen molar-refractivity contribution in [2.45, 2.75) is 26.2 Å². The average molecular weight is 504 g/mol. The Hall–Kier alpha value is -2.08. The number of nitrogens with zero attached hydrogens (tertiary/aromatic N) is 1. The molecule has 3 aromatic carbocycles. The fourth-order valence-electron chi connectivity index (χ4n) is 2.76. The molecule has 0 atom stereocenters. The fraction of sp³-hybridized carbons (Fsp3) is 0.217. The van der Waals surface area contributed by atoms with Gasteiger partial charge in [0.05, 0.1) is 6.21 Å². The van der Waals surface area contributed by atoms with E-state index in [1.807, 2.05) is 42.5 Å². The Balaban J connectivity index is 0. The van der Waals surface area contributed by atoms with E-state index in [1.54, 1.807) is 18.2 Å². The maximum absolute atomic E-state index is 12.3. The van der Waals surface area contributed by atoms with E-state index in [-0.39, 0.29) is 59.0 Å². The molecule has 1 amide bonds. The number of carbonyl (C=O) groups excluding carboxylic acids is 1. The molecule has 167 valence electrons. The molecular formula is C23H25Cl2FeN2O3. The second-order valence-electron chi connectivity index (χ2n) is 7.25. The fourth-order valence-corrected chi connectivity index (χ4v) is 2.76. The summed E-state index contributed by atoms with van der Waals surface area (Å²) >= 11 is 0. The average Bonchev–Trinajstić information content (AvgIpc) is 2.70. The summed E-state index contributed by atoms with van der Waals surface area (Å²) in [5, 5.41) is 24.2. The standard InChI is InChI=1S/C22H22N2O2.CH3O.2ClH.Fe/c1-22(2,3)17-11-8-16(9-12-17)21(26)24-23-14-19-18-7-5-4-6-15(18)10-13-20(19)25;1-2;;;/h4-14,25H,1-3H3,(H,24,26);1H3;2*1H;/q;-1;;;+3/p-2/b23-14+;;;;. The molecule has 0 bridgehead atoms. The van der Waals surface area contributed by atoms with Crippen molar-refractivity contribution in [3.63, 3.8) is 0 Å². The maximum atomic E-state index is 12.3. The van der Waals surface area contributed by atoms with Crippen LogP contribution in [0.5, 0.6) is 5.75 Å². The SMILES string of the molecule is CC(C)(C)c1ccc(C(=O)N/N=C/c2c(O)ccc3ccccc23)cc1.C[O-].[Cl-].[Cl-].[Fe+3]. The number of rotatable bonds is 3. The van der Waals surface area contributed by atoms with Gasteiger partial charge >= 0.3 is 17.1 Å². The number of benzene rings is 3. The first-order chi connectivity index (χ1) is 13.4. The summed E-state index contributed by atoms with van der Waals surface area (Å²) < 4.78 is 0. The smallest absolute Gasteiger partial charge is 1.00 e. The third-order valence-corrected chi connectivity index (χ3v) is 4.32. The van der Waals surface area contributed by atoms with E-state index in [9.17, 15) is 9.90 Å². The Kier molecular flexibility index (Phi) is 14.1. The summed E-state index contributed by atoms with van der Waals surface area (Å²) in [6.07, 6.45) is 1.47. The van der Waals surface area contributed by atoms with Crippen LogP contribution in [0.4, 0.5) is 0 Å². The Morgan fingerprint density at radius 1 is 0.968 bits per heavy atom. The second kappa shape index (κ2) is 14.1. The number of phenolic OH excluding ortho intramolecular Hbond substituents is 1. The molecule has 0 heterocycles. The van der Waals surface area contributed by atoms with Gasteiger partial charge in [0, 0.05) is 11.1 Å². The van der Waals surface area contributed by atoms with Crippen molar-refractivity contribution in [2.75, 3.05) is 7.11 Å². The van der Waals surface area contributed by atoms with E-state index in [4.69, 9.17) is 5.11 Å². The first-order valence-corrected chi connectivity index (χ1v) is 8.92. The van der Waals surface area contributed by atoms with Gasteiger partial charge in [-0.15, -0.1) is 0 Å². The van der Waals surface area contributed by atoms with E-state index in [0.717, 1.165) is 17.9 Å². The normalized spacial score (nSPS) is 10.1. The van der Waals surface area contributed by atoms with Gasteiger partial charge in [-0.1, -0.05) is 63.2 Å². The number of aromatic hydroxyl groups is 1. The molecule has 3 aromatic rings. The third kappa shape index (κ3) is 8.17. The van der Waals surface area contributed by atoms with Gasteiger partial charge in [0.15, 0.2) is 0 Å². The van der Waals surface area contributed by atoms with Gasteiger partial charge in [0.1, 0.15) is 5.75 Å². The number of amides is 1. The molecule has 0 aliphatic rings. The van der Waals surface area contributed by atoms with E-state index >= 15 is 0 Å². The summed E-state index contributed by atoms with van der Waals surface area (Å²) in [7, 11) is 0.750. The second-order valence-corrected chi connectivity index (χ2v) is 7.25. The Labute approximate surface area is 206 Å². The van der Waals surface area contributed by atoms with Crippen LogP contribution in [-0.2, 0) is 22.5 Å². The number of halogens is 2. The van der Waals surface area contributed by atoms with Gasteiger partial charge in [-0.3, -0.25) is 4.79 Å². The number of hydrogen-bond donors (Lipinski definition) is 2. The number of hydrogen-bond acceptors (Lipinski definition) is 4. The van der Waals surface area contributed by atoms with Crippen LogP contribution in [0.25, 0.3) is 10.8 Å². The van der Waals surface area contributed by atoms with Crippen molar-refractivity contribution < 1.29 is 56.9 Å². The largest absolute Gasteiger partial charge is 3.00 e. The van der Waals surface area contributed by atoms with Crippen molar-refractivity contribution in [1.82, 2.24) is 5.43 Å². The molecule has 0 saturated heterocycles. The molecule has 1 radical (unpaired) electrons. The van der Waals surface area contributed by atoms with E-state index < -0.39 is 0 Å². The monoisotopic (exact) mass is 503 g/mol. The molecule has 5 nitrogen and oxygen atoms in total. The maximum Gasteiger partial charge on any atom is 3.00 e. The molecule has 0 spiro atoms. The first kappa shape index (κ1) is 31.1. The Bertz CT molecular complexity index is 988. The minimum atomic E-state index is -0.290. The third-order valence-electron chi connectivity index (χ3n) is 4.32. The number of fused-ring (bicyclic) bond motifs is 1. The molecule has 0 fully saturated rings.